The van der Waals surface area contributed by atoms with E-state index >= 15 is 0 Å². The van der Waals surface area contributed by atoms with Gasteiger partial charge in [0, 0.05) is 6.54 Å². The minimum Gasteiger partial charge on any atom is -0.309 e. The summed E-state index contributed by atoms with van der Waals surface area (Å²) in [5.41, 5.74) is 7.65. The summed E-state index contributed by atoms with van der Waals surface area (Å²) in [5, 5.41) is 5.31. The van der Waals surface area contributed by atoms with Crippen LogP contribution in [0.5, 0.6) is 0 Å². The normalized spacial score (nSPS) is 14.9. The summed E-state index contributed by atoms with van der Waals surface area (Å²) in [7, 11) is 0.184. The van der Waals surface area contributed by atoms with Gasteiger partial charge in [0.1, 0.15) is 5.69 Å². The van der Waals surface area contributed by atoms with Crippen LogP contribution in [0.15, 0.2) is 59.1 Å². The Morgan fingerprint density at radius 3 is 2.52 bits per heavy atom. The van der Waals surface area contributed by atoms with Crippen LogP contribution in [0.4, 0.5) is 0 Å². The highest BCUT2D eigenvalue weighted by atomic mass is 32.2. The van der Waals surface area contributed by atoms with Gasteiger partial charge in [0.25, 0.3) is 10.0 Å². The molecule has 1 aromatic heterocycles. The monoisotopic (exact) mass is 454 g/mol. The molecule has 0 spiro atoms. The maximum atomic E-state index is 12.2. The first kappa shape index (κ1) is 21.8. The van der Waals surface area contributed by atoms with E-state index in [-0.39, 0.29) is 10.9 Å². The van der Waals surface area contributed by atoms with Crippen molar-refractivity contribution >= 4 is 27.3 Å². The minimum absolute atomic E-state index is 0.147. The SMILES string of the molecule is CC1=C(CCN(C)C)c2cc(C(c3ccccc3)c3nsnc3S(N)(=O)=O)ccc2C1. The molecule has 0 bridgehead atoms. The van der Waals surface area contributed by atoms with E-state index in [9.17, 15) is 8.42 Å². The number of aromatic nitrogens is 2. The number of rotatable bonds is 7. The number of allylic oxidation sites excluding steroid dienone is 1. The summed E-state index contributed by atoms with van der Waals surface area (Å²) >= 11 is 0.874. The van der Waals surface area contributed by atoms with Gasteiger partial charge in [-0.2, -0.15) is 8.75 Å². The molecule has 31 heavy (non-hydrogen) atoms. The van der Waals surface area contributed by atoms with Crippen LogP contribution in [0.2, 0.25) is 0 Å². The van der Waals surface area contributed by atoms with Crippen LogP contribution in [0, 0.1) is 0 Å². The molecule has 0 fully saturated rings. The predicted molar refractivity (Wildman–Crippen MR) is 125 cm³/mol. The summed E-state index contributed by atoms with van der Waals surface area (Å²) in [6.07, 6.45) is 1.93. The molecule has 0 radical (unpaired) electrons. The molecule has 4 rings (SSSR count). The van der Waals surface area contributed by atoms with Crippen LogP contribution in [0.1, 0.15) is 47.2 Å². The highest BCUT2D eigenvalue weighted by molar-refractivity contribution is 7.89. The first-order chi connectivity index (χ1) is 14.8. The summed E-state index contributed by atoms with van der Waals surface area (Å²) in [6, 6.07) is 16.2. The fourth-order valence-corrected chi connectivity index (χ4v) is 5.75. The molecule has 0 amide bonds. The van der Waals surface area contributed by atoms with Gasteiger partial charge in [-0.05, 0) is 61.7 Å². The lowest BCUT2D eigenvalue weighted by Gasteiger charge is -2.19. The van der Waals surface area contributed by atoms with E-state index < -0.39 is 10.0 Å². The van der Waals surface area contributed by atoms with Crippen LogP contribution in [0.3, 0.4) is 0 Å². The zero-order valence-corrected chi connectivity index (χ0v) is 19.5. The number of hydrogen-bond acceptors (Lipinski definition) is 6. The van der Waals surface area contributed by atoms with Crippen molar-refractivity contribution < 1.29 is 8.42 Å². The molecule has 0 saturated carbocycles. The fourth-order valence-electron chi connectivity index (χ4n) is 4.23. The quantitative estimate of drug-likeness (QED) is 0.589. The number of nitrogens with zero attached hydrogens (tertiary/aromatic N) is 3. The molecule has 0 saturated heterocycles. The van der Waals surface area contributed by atoms with Crippen molar-refractivity contribution in [1.82, 2.24) is 13.6 Å². The Morgan fingerprint density at radius 1 is 1.10 bits per heavy atom. The zero-order valence-electron chi connectivity index (χ0n) is 17.9. The molecular formula is C23H26N4O2S2. The van der Waals surface area contributed by atoms with Crippen molar-refractivity contribution in [2.45, 2.75) is 30.7 Å². The molecule has 162 valence electrons. The zero-order chi connectivity index (χ0) is 22.2. The predicted octanol–water partition coefficient (Wildman–Crippen LogP) is 3.65. The van der Waals surface area contributed by atoms with Crippen molar-refractivity contribution in [3.8, 4) is 0 Å². The first-order valence-corrected chi connectivity index (χ1v) is 12.4. The third kappa shape index (κ3) is 4.48. The molecule has 0 aliphatic heterocycles. The average Bonchev–Trinajstić information content (AvgIpc) is 3.31. The van der Waals surface area contributed by atoms with E-state index in [0.29, 0.717) is 5.69 Å². The van der Waals surface area contributed by atoms with Gasteiger partial charge in [0.2, 0.25) is 5.03 Å². The third-order valence-electron chi connectivity index (χ3n) is 5.73. The fraction of sp³-hybridized carbons (Fsp3) is 0.304. The molecule has 1 aliphatic rings. The van der Waals surface area contributed by atoms with Crippen LogP contribution in [0.25, 0.3) is 5.57 Å². The van der Waals surface area contributed by atoms with Gasteiger partial charge in [-0.3, -0.25) is 0 Å². The van der Waals surface area contributed by atoms with Crippen molar-refractivity contribution in [2.24, 2.45) is 5.14 Å². The van der Waals surface area contributed by atoms with Crippen LogP contribution < -0.4 is 5.14 Å². The van der Waals surface area contributed by atoms with E-state index in [1.165, 1.54) is 22.3 Å². The summed E-state index contributed by atoms with van der Waals surface area (Å²) in [4.78, 5) is 2.19. The van der Waals surface area contributed by atoms with Gasteiger partial charge in [0.05, 0.1) is 17.6 Å². The van der Waals surface area contributed by atoms with Gasteiger partial charge in [-0.25, -0.2) is 13.6 Å². The number of primary sulfonamides is 1. The molecule has 1 unspecified atom stereocenters. The smallest absolute Gasteiger partial charge is 0.258 e. The molecule has 8 heteroatoms. The van der Waals surface area contributed by atoms with Gasteiger partial charge < -0.3 is 4.90 Å². The second-order valence-electron chi connectivity index (χ2n) is 8.25. The lowest BCUT2D eigenvalue weighted by molar-refractivity contribution is 0.419. The van der Waals surface area contributed by atoms with E-state index in [1.54, 1.807) is 0 Å². The molecular weight excluding hydrogens is 428 g/mol. The van der Waals surface area contributed by atoms with Crippen molar-refractivity contribution in [3.05, 3.63) is 82.1 Å². The Balaban J connectivity index is 1.85. The van der Waals surface area contributed by atoms with Crippen molar-refractivity contribution in [1.29, 1.82) is 0 Å². The Kier molecular flexibility index (Phi) is 6.07. The topological polar surface area (TPSA) is 89.2 Å². The lowest BCUT2D eigenvalue weighted by atomic mass is 9.86. The van der Waals surface area contributed by atoms with Gasteiger partial charge >= 0.3 is 0 Å². The molecule has 1 heterocycles. The summed E-state index contributed by atoms with van der Waals surface area (Å²) in [5.74, 6) is -0.366. The number of nitrogens with two attached hydrogens (primary N) is 1. The highest BCUT2D eigenvalue weighted by Crippen LogP contribution is 2.40. The molecule has 1 atom stereocenters. The van der Waals surface area contributed by atoms with Crippen LogP contribution >= 0.6 is 11.7 Å². The minimum atomic E-state index is -3.98. The van der Waals surface area contributed by atoms with E-state index in [4.69, 9.17) is 5.14 Å². The number of benzene rings is 2. The Hall–Kier alpha value is -2.39. The van der Waals surface area contributed by atoms with Crippen molar-refractivity contribution in [3.63, 3.8) is 0 Å². The summed E-state index contributed by atoms with van der Waals surface area (Å²) in [6.45, 7) is 3.17. The Morgan fingerprint density at radius 2 is 1.84 bits per heavy atom. The van der Waals surface area contributed by atoms with Gasteiger partial charge in [-0.15, -0.1) is 0 Å². The largest absolute Gasteiger partial charge is 0.309 e. The highest BCUT2D eigenvalue weighted by Gasteiger charge is 2.30. The summed E-state index contributed by atoms with van der Waals surface area (Å²) < 4.78 is 32.8. The lowest BCUT2D eigenvalue weighted by Crippen LogP contribution is -2.17. The first-order valence-electron chi connectivity index (χ1n) is 10.1. The number of sulfonamides is 1. The molecule has 6 nitrogen and oxygen atoms in total. The number of hydrogen-bond donors (Lipinski definition) is 1. The van der Waals surface area contributed by atoms with Crippen molar-refractivity contribution in [2.75, 3.05) is 20.6 Å². The second-order valence-corrected chi connectivity index (χ2v) is 10.3. The second kappa shape index (κ2) is 8.63. The average molecular weight is 455 g/mol. The number of fused-ring (bicyclic) bond motifs is 1. The maximum Gasteiger partial charge on any atom is 0.258 e. The standard InChI is InChI=1S/C23H26N4O2S2/c1-15-13-17-9-10-18(14-20(17)19(15)11-12-27(2)3)21(16-7-5-4-6-8-16)22-23(26-30-25-22)31(24,28)29/h4-10,14,21H,11-13H2,1-3H3,(H2,24,28,29). The molecule has 1 aliphatic carbocycles. The van der Waals surface area contributed by atoms with E-state index in [1.807, 2.05) is 30.3 Å². The molecule has 3 aromatic rings. The Bertz CT molecular complexity index is 1230. The van der Waals surface area contributed by atoms with E-state index in [0.717, 1.165) is 42.2 Å². The van der Waals surface area contributed by atoms with E-state index in [2.05, 4.69) is 52.9 Å². The third-order valence-corrected chi connectivity index (χ3v) is 7.23. The van der Waals surface area contributed by atoms with Crippen LogP contribution in [-0.2, 0) is 16.4 Å². The molecule has 2 N–H and O–H groups in total. The maximum absolute atomic E-state index is 12.2. The van der Waals surface area contributed by atoms with Gasteiger partial charge in [0.15, 0.2) is 0 Å². The van der Waals surface area contributed by atoms with Gasteiger partial charge in [-0.1, -0.05) is 54.1 Å². The Labute approximate surface area is 187 Å². The van der Waals surface area contributed by atoms with Crippen LogP contribution in [-0.4, -0.2) is 42.7 Å². The molecule has 2 aromatic carbocycles.